The highest BCUT2D eigenvalue weighted by molar-refractivity contribution is 7.98. The van der Waals surface area contributed by atoms with Gasteiger partial charge in [-0.3, -0.25) is 0 Å². The van der Waals surface area contributed by atoms with Gasteiger partial charge in [0.1, 0.15) is 5.75 Å². The summed E-state index contributed by atoms with van der Waals surface area (Å²) >= 11 is 1.50. The Morgan fingerprint density at radius 1 is 1.33 bits per heavy atom. The molecule has 4 heteroatoms. The molecular formula is C11H14O3S. The van der Waals surface area contributed by atoms with Crippen molar-refractivity contribution in [2.24, 2.45) is 0 Å². The molecule has 3 nitrogen and oxygen atoms in total. The molecule has 0 fully saturated rings. The van der Waals surface area contributed by atoms with E-state index >= 15 is 0 Å². The average molecular weight is 226 g/mol. The second kappa shape index (κ2) is 5.07. The molecule has 0 amide bonds. The Labute approximate surface area is 93.8 Å². The first-order valence-corrected chi connectivity index (χ1v) is 5.67. The van der Waals surface area contributed by atoms with Gasteiger partial charge in [0.2, 0.25) is 0 Å². The molecule has 0 aliphatic carbocycles. The number of esters is 1. The number of methoxy groups -OCH3 is 2. The van der Waals surface area contributed by atoms with E-state index in [-0.39, 0.29) is 5.97 Å². The van der Waals surface area contributed by atoms with Crippen LogP contribution in [0.1, 0.15) is 15.9 Å². The number of hydrogen-bond donors (Lipinski definition) is 0. The van der Waals surface area contributed by atoms with Gasteiger partial charge in [0.05, 0.1) is 19.8 Å². The van der Waals surface area contributed by atoms with Crippen LogP contribution >= 0.6 is 11.8 Å². The second-order valence-electron chi connectivity index (χ2n) is 3.01. The van der Waals surface area contributed by atoms with Crippen molar-refractivity contribution < 1.29 is 14.3 Å². The summed E-state index contributed by atoms with van der Waals surface area (Å²) in [7, 11) is 2.99. The first kappa shape index (κ1) is 11.9. The lowest BCUT2D eigenvalue weighted by Crippen LogP contribution is -2.06. The van der Waals surface area contributed by atoms with Gasteiger partial charge in [-0.2, -0.15) is 0 Å². The number of carbonyl (C=O) groups is 1. The van der Waals surface area contributed by atoms with E-state index < -0.39 is 0 Å². The van der Waals surface area contributed by atoms with Crippen LogP contribution < -0.4 is 4.74 Å². The minimum Gasteiger partial charge on any atom is -0.497 e. The van der Waals surface area contributed by atoms with Crippen molar-refractivity contribution in [2.45, 2.75) is 11.8 Å². The number of carbonyl (C=O) groups excluding carboxylic acids is 1. The molecule has 0 saturated heterocycles. The van der Waals surface area contributed by atoms with Crippen molar-refractivity contribution in [3.63, 3.8) is 0 Å². The number of thioether (sulfide) groups is 1. The fourth-order valence-corrected chi connectivity index (χ4v) is 2.05. The quantitative estimate of drug-likeness (QED) is 0.586. The molecule has 0 unspecified atom stereocenters. The molecular weight excluding hydrogens is 212 g/mol. The van der Waals surface area contributed by atoms with Gasteiger partial charge in [0.25, 0.3) is 0 Å². The third-order valence-corrected chi connectivity index (χ3v) is 2.88. The van der Waals surface area contributed by atoms with Crippen LogP contribution in [0.4, 0.5) is 0 Å². The standard InChI is InChI=1S/C11H14O3S/c1-7-5-8(13-2)6-9(15-4)10(7)11(12)14-3/h5-6H,1-4H3. The van der Waals surface area contributed by atoms with E-state index in [1.807, 2.05) is 25.3 Å². The predicted octanol–water partition coefficient (Wildman–Crippen LogP) is 2.51. The minimum absolute atomic E-state index is 0.306. The Morgan fingerprint density at radius 3 is 2.47 bits per heavy atom. The Morgan fingerprint density at radius 2 is 2.00 bits per heavy atom. The molecule has 0 radical (unpaired) electrons. The predicted molar refractivity (Wildman–Crippen MR) is 60.9 cm³/mol. The molecule has 0 aromatic heterocycles. The number of rotatable bonds is 3. The van der Waals surface area contributed by atoms with E-state index in [1.165, 1.54) is 18.9 Å². The van der Waals surface area contributed by atoms with Crippen molar-refractivity contribution in [2.75, 3.05) is 20.5 Å². The summed E-state index contributed by atoms with van der Waals surface area (Å²) in [6.45, 7) is 1.87. The lowest BCUT2D eigenvalue weighted by atomic mass is 10.1. The summed E-state index contributed by atoms with van der Waals surface area (Å²) in [5.74, 6) is 0.448. The Bertz CT molecular complexity index is 374. The van der Waals surface area contributed by atoms with E-state index in [1.54, 1.807) is 7.11 Å². The molecule has 1 aromatic rings. The molecule has 0 bridgehead atoms. The highest BCUT2D eigenvalue weighted by Crippen LogP contribution is 2.29. The molecule has 82 valence electrons. The smallest absolute Gasteiger partial charge is 0.339 e. The maximum atomic E-state index is 11.5. The van der Waals surface area contributed by atoms with Crippen LogP contribution in [-0.4, -0.2) is 26.4 Å². The van der Waals surface area contributed by atoms with E-state index in [2.05, 4.69) is 0 Å². The van der Waals surface area contributed by atoms with Crippen molar-refractivity contribution in [3.05, 3.63) is 23.3 Å². The van der Waals surface area contributed by atoms with Gasteiger partial charge < -0.3 is 9.47 Å². The fourth-order valence-electron chi connectivity index (χ4n) is 1.37. The third kappa shape index (κ3) is 2.45. The number of ether oxygens (including phenoxy) is 2. The Kier molecular flexibility index (Phi) is 4.03. The highest BCUT2D eigenvalue weighted by atomic mass is 32.2. The van der Waals surface area contributed by atoms with Gasteiger partial charge >= 0.3 is 5.97 Å². The summed E-state index contributed by atoms with van der Waals surface area (Å²) in [6.07, 6.45) is 1.92. The van der Waals surface area contributed by atoms with Crippen molar-refractivity contribution in [1.29, 1.82) is 0 Å². The summed E-state index contributed by atoms with van der Waals surface area (Å²) in [6, 6.07) is 3.66. The van der Waals surface area contributed by atoms with Crippen LogP contribution in [0.3, 0.4) is 0 Å². The number of aryl methyl sites for hydroxylation is 1. The first-order chi connectivity index (χ1) is 7.13. The maximum Gasteiger partial charge on any atom is 0.339 e. The zero-order valence-electron chi connectivity index (χ0n) is 9.29. The summed E-state index contributed by atoms with van der Waals surface area (Å²) in [5.41, 5.74) is 1.48. The monoisotopic (exact) mass is 226 g/mol. The summed E-state index contributed by atoms with van der Waals surface area (Å²) in [4.78, 5) is 12.4. The van der Waals surface area contributed by atoms with Gasteiger partial charge in [0.15, 0.2) is 0 Å². The topological polar surface area (TPSA) is 35.5 Å². The van der Waals surface area contributed by atoms with Crippen molar-refractivity contribution >= 4 is 17.7 Å². The zero-order valence-corrected chi connectivity index (χ0v) is 10.1. The first-order valence-electron chi connectivity index (χ1n) is 4.45. The number of benzene rings is 1. The highest BCUT2D eigenvalue weighted by Gasteiger charge is 2.15. The van der Waals surface area contributed by atoms with Gasteiger partial charge in [-0.05, 0) is 30.9 Å². The molecule has 0 atom stereocenters. The van der Waals surface area contributed by atoms with Crippen LogP contribution in [0, 0.1) is 6.92 Å². The molecule has 0 heterocycles. The van der Waals surface area contributed by atoms with Gasteiger partial charge in [-0.15, -0.1) is 11.8 Å². The Balaban J connectivity index is 3.30. The Hall–Kier alpha value is -1.16. The second-order valence-corrected chi connectivity index (χ2v) is 3.86. The lowest BCUT2D eigenvalue weighted by Gasteiger charge is -2.11. The largest absolute Gasteiger partial charge is 0.497 e. The summed E-state index contributed by atoms with van der Waals surface area (Å²) < 4.78 is 9.88. The summed E-state index contributed by atoms with van der Waals surface area (Å²) in [5, 5.41) is 0. The molecule has 0 N–H and O–H groups in total. The van der Waals surface area contributed by atoms with Crippen LogP contribution in [0.25, 0.3) is 0 Å². The van der Waals surface area contributed by atoms with Crippen LogP contribution in [-0.2, 0) is 4.74 Å². The molecule has 15 heavy (non-hydrogen) atoms. The average Bonchev–Trinajstić information content (AvgIpc) is 2.26. The fraction of sp³-hybridized carbons (Fsp3) is 0.364. The van der Waals surface area contributed by atoms with E-state index in [0.717, 1.165) is 16.2 Å². The van der Waals surface area contributed by atoms with E-state index in [4.69, 9.17) is 9.47 Å². The zero-order chi connectivity index (χ0) is 11.4. The van der Waals surface area contributed by atoms with Crippen LogP contribution in [0.15, 0.2) is 17.0 Å². The molecule has 0 spiro atoms. The molecule has 0 saturated carbocycles. The van der Waals surface area contributed by atoms with Gasteiger partial charge in [0, 0.05) is 4.90 Å². The normalized spacial score (nSPS) is 9.87. The van der Waals surface area contributed by atoms with Gasteiger partial charge in [-0.1, -0.05) is 0 Å². The SMILES string of the molecule is COC(=O)c1c(C)cc(OC)cc1SC. The van der Waals surface area contributed by atoms with E-state index in [9.17, 15) is 4.79 Å². The number of hydrogen-bond acceptors (Lipinski definition) is 4. The molecule has 0 aliphatic heterocycles. The molecule has 1 aromatic carbocycles. The molecule has 0 aliphatic rings. The maximum absolute atomic E-state index is 11.5. The van der Waals surface area contributed by atoms with Crippen molar-refractivity contribution in [1.82, 2.24) is 0 Å². The third-order valence-electron chi connectivity index (χ3n) is 2.12. The van der Waals surface area contributed by atoms with E-state index in [0.29, 0.717) is 5.56 Å². The van der Waals surface area contributed by atoms with Crippen molar-refractivity contribution in [3.8, 4) is 5.75 Å². The molecule has 1 rings (SSSR count). The lowest BCUT2D eigenvalue weighted by molar-refractivity contribution is 0.0596. The van der Waals surface area contributed by atoms with Gasteiger partial charge in [-0.25, -0.2) is 4.79 Å². The van der Waals surface area contributed by atoms with Crippen LogP contribution in [0.2, 0.25) is 0 Å². The van der Waals surface area contributed by atoms with Crippen LogP contribution in [0.5, 0.6) is 5.75 Å². The minimum atomic E-state index is -0.306.